The second kappa shape index (κ2) is 42.4. The van der Waals surface area contributed by atoms with E-state index in [1.165, 1.54) is 138 Å². The van der Waals surface area contributed by atoms with Crippen molar-refractivity contribution in [3.63, 3.8) is 0 Å². The van der Waals surface area contributed by atoms with Crippen LogP contribution in [-0.2, 0) is 25.7 Å². The lowest BCUT2D eigenvalue weighted by atomic mass is 10.1. The van der Waals surface area contributed by atoms with Crippen molar-refractivity contribution in [2.24, 2.45) is 0 Å². The number of anilines is 3. The highest BCUT2D eigenvalue weighted by Crippen LogP contribution is 2.26. The molecule has 0 atom stereocenters. The second-order valence-corrected chi connectivity index (χ2v) is 24.0. The molecule has 478 valence electrons. The quantitative estimate of drug-likeness (QED) is 0.0294. The minimum absolute atomic E-state index is 0.147. The zero-order valence-corrected chi connectivity index (χ0v) is 54.3. The Morgan fingerprint density at radius 3 is 1.08 bits per heavy atom. The van der Waals surface area contributed by atoms with E-state index in [1.54, 1.807) is 18.2 Å². The Hall–Kier alpha value is -5.66. The van der Waals surface area contributed by atoms with Crippen LogP contribution >= 0.6 is 23.2 Å². The molecule has 6 aromatic rings. The maximum Gasteiger partial charge on any atom is 0.269 e. The van der Waals surface area contributed by atoms with Crippen molar-refractivity contribution in [3.8, 4) is 0 Å². The van der Waals surface area contributed by atoms with Crippen LogP contribution in [0.1, 0.15) is 48.4 Å². The molecule has 0 aromatic heterocycles. The first-order chi connectivity index (χ1) is 43.3. The molecule has 6 aromatic carbocycles. The molecule has 6 saturated heterocycles. The number of hydrogen-bond donors (Lipinski definition) is 6. The van der Waals surface area contributed by atoms with Crippen molar-refractivity contribution in [1.82, 2.24) is 46.6 Å². The Bertz CT molecular complexity index is 2700. The molecule has 88 heavy (non-hydrogen) atoms. The fourth-order valence-electron chi connectivity index (χ4n) is 11.4. The molecule has 6 aliphatic heterocycles. The number of nitro groups is 1. The van der Waals surface area contributed by atoms with Crippen LogP contribution in [0.4, 0.5) is 22.7 Å². The van der Waals surface area contributed by atoms with E-state index in [-0.39, 0.29) is 10.6 Å². The molecule has 0 saturated carbocycles. The van der Waals surface area contributed by atoms with Gasteiger partial charge in [0.1, 0.15) is 0 Å². The molecule has 0 bridgehead atoms. The van der Waals surface area contributed by atoms with Crippen LogP contribution < -0.4 is 46.6 Å². The third kappa shape index (κ3) is 28.0. The first-order valence-electron chi connectivity index (χ1n) is 32.9. The van der Waals surface area contributed by atoms with Crippen molar-refractivity contribution in [3.05, 3.63) is 200 Å². The van der Waals surface area contributed by atoms with Gasteiger partial charge in [0.2, 0.25) is 0 Å². The number of nitro benzene ring substituents is 1. The van der Waals surface area contributed by atoms with Crippen LogP contribution in [0.5, 0.6) is 0 Å². The van der Waals surface area contributed by atoms with E-state index in [0.717, 1.165) is 123 Å². The van der Waals surface area contributed by atoms with E-state index < -0.39 is 0 Å². The van der Waals surface area contributed by atoms with Gasteiger partial charge in [-0.15, -0.1) is 0 Å². The first kappa shape index (κ1) is 69.8. The van der Waals surface area contributed by atoms with Crippen LogP contribution in [0.25, 0.3) is 0 Å². The molecule has 0 radical (unpaired) electrons. The molecule has 0 spiro atoms. The van der Waals surface area contributed by atoms with Crippen LogP contribution in [0.15, 0.2) is 158 Å². The Morgan fingerprint density at radius 2 is 0.693 bits per heavy atom. The summed E-state index contributed by atoms with van der Waals surface area (Å²) in [5.41, 5.74) is 9.49. The van der Waals surface area contributed by atoms with E-state index >= 15 is 0 Å². The monoisotopic (exact) mass is 1240 g/mol. The number of nitrogens with one attached hydrogen (secondary N) is 6. The van der Waals surface area contributed by atoms with E-state index in [9.17, 15) is 10.1 Å². The van der Waals surface area contributed by atoms with E-state index in [2.05, 4.69) is 183 Å². The lowest BCUT2D eigenvalue weighted by Crippen LogP contribution is -2.44. The smallest absolute Gasteiger partial charge is 0.269 e. The predicted molar refractivity (Wildman–Crippen MR) is 373 cm³/mol. The molecule has 0 amide bonds. The lowest BCUT2D eigenvalue weighted by molar-refractivity contribution is -0.384. The summed E-state index contributed by atoms with van der Waals surface area (Å²) in [6, 6.07) is 53.7. The Labute approximate surface area is 538 Å². The number of unbranched alkanes of at least 4 members (excludes halogenated alkanes) is 1. The largest absolute Gasteiger partial charge is 0.369 e. The van der Waals surface area contributed by atoms with Gasteiger partial charge in [-0.25, -0.2) is 0 Å². The van der Waals surface area contributed by atoms with Gasteiger partial charge >= 0.3 is 0 Å². The normalized spacial score (nSPS) is 17.4. The fourth-order valence-corrected chi connectivity index (χ4v) is 11.9. The summed E-state index contributed by atoms with van der Waals surface area (Å²) in [7, 11) is 0. The Balaban J connectivity index is 0.000000151. The minimum Gasteiger partial charge on any atom is -0.369 e. The van der Waals surface area contributed by atoms with Gasteiger partial charge in [-0.05, 0) is 123 Å². The molecular formula is C71H103Cl2N13O2. The number of hydrogen-bond acceptors (Lipinski definition) is 14. The molecule has 6 N–H and O–H groups in total. The van der Waals surface area contributed by atoms with Gasteiger partial charge in [0.05, 0.1) is 4.92 Å². The van der Waals surface area contributed by atoms with Crippen molar-refractivity contribution in [1.29, 1.82) is 0 Å². The van der Waals surface area contributed by atoms with Gasteiger partial charge in [-0.3, -0.25) is 10.1 Å². The van der Waals surface area contributed by atoms with Crippen molar-refractivity contribution >= 4 is 46.0 Å². The average molecular weight is 1240 g/mol. The van der Waals surface area contributed by atoms with Crippen LogP contribution in [0.3, 0.4) is 0 Å². The van der Waals surface area contributed by atoms with E-state index in [4.69, 9.17) is 23.2 Å². The Kier molecular flexibility index (Phi) is 33.6. The maximum absolute atomic E-state index is 10.5. The van der Waals surface area contributed by atoms with Gasteiger partial charge in [0.15, 0.2) is 0 Å². The second-order valence-electron chi connectivity index (χ2n) is 23.2. The molecule has 0 aliphatic carbocycles. The zero-order chi connectivity index (χ0) is 61.5. The topological polar surface area (TPSA) is 135 Å². The first-order valence-corrected chi connectivity index (χ1v) is 33.6. The zero-order valence-electron chi connectivity index (χ0n) is 52.8. The number of piperazine rings is 6. The summed E-state index contributed by atoms with van der Waals surface area (Å²) >= 11 is 11.9. The maximum atomic E-state index is 10.5. The van der Waals surface area contributed by atoms with Crippen molar-refractivity contribution < 1.29 is 4.92 Å². The number of nitrogens with zero attached hydrogens (tertiary/aromatic N) is 7. The molecule has 0 unspecified atom stereocenters. The molecular weight excluding hydrogens is 1140 g/mol. The number of non-ortho nitro benzene ring substituents is 1. The summed E-state index contributed by atoms with van der Waals surface area (Å²) < 4.78 is 0. The highest BCUT2D eigenvalue weighted by atomic mass is 35.5. The van der Waals surface area contributed by atoms with E-state index in [0.29, 0.717) is 10.0 Å². The van der Waals surface area contributed by atoms with Gasteiger partial charge in [-0.1, -0.05) is 133 Å². The highest BCUT2D eigenvalue weighted by molar-refractivity contribution is 6.35. The number of rotatable bonds is 17. The third-order valence-corrected chi connectivity index (χ3v) is 17.1. The summed E-state index contributed by atoms with van der Waals surface area (Å²) in [6.45, 7) is 32.5. The molecule has 6 fully saturated rings. The van der Waals surface area contributed by atoms with Crippen LogP contribution in [0.2, 0.25) is 10.0 Å². The number of halogens is 2. The molecule has 6 heterocycles. The van der Waals surface area contributed by atoms with Crippen LogP contribution in [-0.4, -0.2) is 196 Å². The molecule has 12 rings (SSSR count). The van der Waals surface area contributed by atoms with Crippen molar-refractivity contribution in [2.75, 3.05) is 191 Å². The molecule has 6 aliphatic rings. The number of benzene rings is 6. The van der Waals surface area contributed by atoms with Gasteiger partial charge in [-0.2, -0.15) is 0 Å². The van der Waals surface area contributed by atoms with Gasteiger partial charge < -0.3 is 61.3 Å². The van der Waals surface area contributed by atoms with Gasteiger partial charge in [0.25, 0.3) is 5.69 Å². The van der Waals surface area contributed by atoms with Crippen molar-refractivity contribution in [2.45, 2.75) is 51.9 Å². The highest BCUT2D eigenvalue weighted by Gasteiger charge is 2.15. The predicted octanol–water partition coefficient (Wildman–Crippen LogP) is 9.64. The summed E-state index contributed by atoms with van der Waals surface area (Å²) in [5.74, 6) is 0. The fraction of sp³-hybridized carbons (Fsp3) is 0.493. The third-order valence-electron chi connectivity index (χ3n) is 16.7. The number of aryl methyl sites for hydroxylation is 3. The van der Waals surface area contributed by atoms with E-state index in [1.807, 2.05) is 24.3 Å². The summed E-state index contributed by atoms with van der Waals surface area (Å²) in [4.78, 5) is 24.7. The van der Waals surface area contributed by atoms with Gasteiger partial charge in [0, 0.05) is 203 Å². The summed E-state index contributed by atoms with van der Waals surface area (Å²) in [6.07, 6.45) is 8.67. The summed E-state index contributed by atoms with van der Waals surface area (Å²) in [5, 5.41) is 31.9. The minimum atomic E-state index is -0.373. The van der Waals surface area contributed by atoms with Crippen LogP contribution in [0, 0.1) is 10.1 Å². The lowest BCUT2D eigenvalue weighted by Gasteiger charge is -2.29. The SMILES string of the molecule is CCc1ccc(N2CCNCC2)cc1.Clc1cc(Cl)cc(N2CCNCC2)c1.O=[N+]([O-])c1ccc(N2CCNCC2)cc1.c1ccc(CCCCN2CCNCC2)cc1.c1ccc(CCCN2CCNCC2)cc1.c1ccc(CCN2CCNCC2)cc1. The molecule has 15 nitrogen and oxygen atoms in total. The Morgan fingerprint density at radius 1 is 0.364 bits per heavy atom. The standard InChI is InChI=1S/C14H22N2.C13H20N2.2C12H18N2.C10H12Cl2N2.C10H13N3O2/c1-2-6-14(7-3-1)8-4-5-11-16-12-9-15-10-13-16;1-2-5-13(6-3-1)7-4-10-15-11-8-14-9-12-15;1-2-11-3-5-12(6-4-11)14-9-7-13-8-10-14;1-2-4-12(5-3-1)6-9-14-10-7-13-8-11-14;11-8-5-9(12)7-10(6-8)14-3-1-13-2-4-14;14-13(15)10-3-1-9(2-4-10)12-7-5-11-6-8-12/h1-3,6-7,15H,4-5,8-13H2;1-3,5-6,14H,4,7-12H2;3-6,13H,2,7-10H2,1H3;1-5,13H,6-11H2;5-7,13H,1-4H2;1-4,11H,5-8H2. The molecule has 17 heteroatoms. The average Bonchev–Trinajstić information content (AvgIpc) is 3.80.